The Hall–Kier alpha value is -4.11. The number of anilines is 1. The first-order chi connectivity index (χ1) is 16.9. The molecule has 0 radical (unpaired) electrons. The van der Waals surface area contributed by atoms with Gasteiger partial charge in [0.1, 0.15) is 11.8 Å². The normalized spacial score (nSPS) is 12.3. The van der Waals surface area contributed by atoms with Gasteiger partial charge in [0.2, 0.25) is 0 Å². The predicted molar refractivity (Wildman–Crippen MR) is 137 cm³/mol. The molecule has 2 N–H and O–H groups in total. The van der Waals surface area contributed by atoms with Crippen LogP contribution in [-0.4, -0.2) is 18.1 Å². The number of nitrogens with zero attached hydrogens (tertiary/aromatic N) is 1. The Morgan fingerprint density at radius 2 is 1.69 bits per heavy atom. The van der Waals surface area contributed by atoms with Crippen molar-refractivity contribution in [1.29, 1.82) is 5.26 Å². The van der Waals surface area contributed by atoms with Crippen molar-refractivity contribution in [1.82, 2.24) is 0 Å². The molecule has 35 heavy (non-hydrogen) atoms. The van der Waals surface area contributed by atoms with Crippen LogP contribution in [-0.2, 0) is 16.8 Å². The summed E-state index contributed by atoms with van der Waals surface area (Å²) < 4.78 is 5.26. The maximum absolute atomic E-state index is 13.6. The zero-order chi connectivity index (χ0) is 24.8. The van der Waals surface area contributed by atoms with Crippen LogP contribution in [0.15, 0.2) is 97.1 Å². The molecule has 0 fully saturated rings. The maximum atomic E-state index is 13.6. The molecule has 5 nitrogen and oxygen atoms in total. The van der Waals surface area contributed by atoms with Crippen molar-refractivity contribution >= 4 is 23.2 Å². The van der Waals surface area contributed by atoms with E-state index >= 15 is 0 Å². The minimum Gasteiger partial charge on any atom is -0.497 e. The summed E-state index contributed by atoms with van der Waals surface area (Å²) in [5.41, 5.74) is 1.92. The van der Waals surface area contributed by atoms with Gasteiger partial charge in [0.15, 0.2) is 5.60 Å². The van der Waals surface area contributed by atoms with Crippen LogP contribution in [0.1, 0.15) is 16.7 Å². The lowest BCUT2D eigenvalue weighted by Gasteiger charge is -2.29. The third kappa shape index (κ3) is 5.20. The van der Waals surface area contributed by atoms with Gasteiger partial charge < -0.3 is 15.2 Å². The molecule has 0 saturated carbocycles. The number of halogens is 1. The molecule has 4 aromatic carbocycles. The number of ether oxygens (including phenoxy) is 1. The number of rotatable bonds is 7. The number of methoxy groups -OCH3 is 1. The monoisotopic (exact) mass is 482 g/mol. The largest absolute Gasteiger partial charge is 0.497 e. The van der Waals surface area contributed by atoms with Crippen molar-refractivity contribution in [3.63, 3.8) is 0 Å². The van der Waals surface area contributed by atoms with E-state index in [9.17, 15) is 9.90 Å². The fourth-order valence-electron chi connectivity index (χ4n) is 3.95. The van der Waals surface area contributed by atoms with Crippen molar-refractivity contribution in [2.75, 3.05) is 12.4 Å². The Morgan fingerprint density at radius 1 is 1.00 bits per heavy atom. The standard InChI is InChI=1S/C29H23ClN2O3/c1-35-25-15-12-20(13-16-25)26-10-6-5-7-21(26)18-29(34,23-8-3-2-4-9-23)28(33)32-24-14-11-22(19-31)27(30)17-24/h2-17,34H,18H2,1H3,(H,32,33). The van der Waals surface area contributed by atoms with Crippen molar-refractivity contribution < 1.29 is 14.6 Å². The van der Waals surface area contributed by atoms with E-state index < -0.39 is 11.5 Å². The van der Waals surface area contributed by atoms with E-state index in [-0.39, 0.29) is 11.4 Å². The molecular weight excluding hydrogens is 460 g/mol. The lowest BCUT2D eigenvalue weighted by molar-refractivity contribution is -0.135. The Kier molecular flexibility index (Phi) is 7.17. The molecule has 174 valence electrons. The first-order valence-electron chi connectivity index (χ1n) is 11.0. The van der Waals surface area contributed by atoms with E-state index in [1.54, 1.807) is 37.4 Å². The first kappa shape index (κ1) is 24.0. The van der Waals surface area contributed by atoms with Gasteiger partial charge in [0.25, 0.3) is 5.91 Å². The molecule has 4 rings (SSSR count). The van der Waals surface area contributed by atoms with Crippen molar-refractivity contribution in [2.24, 2.45) is 0 Å². The Bertz CT molecular complexity index is 1380. The molecule has 0 bridgehead atoms. The molecule has 0 aliphatic heterocycles. The van der Waals surface area contributed by atoms with E-state index in [1.807, 2.05) is 60.7 Å². The summed E-state index contributed by atoms with van der Waals surface area (Å²) >= 11 is 6.14. The van der Waals surface area contributed by atoms with Gasteiger partial charge in [-0.3, -0.25) is 4.79 Å². The number of carbonyl (C=O) groups is 1. The number of nitrogens with one attached hydrogen (secondary N) is 1. The summed E-state index contributed by atoms with van der Waals surface area (Å²) in [5, 5.41) is 24.0. The minimum absolute atomic E-state index is 0.0368. The van der Waals surface area contributed by atoms with Crippen LogP contribution in [0.2, 0.25) is 5.02 Å². The van der Waals surface area contributed by atoms with Gasteiger partial charge in [-0.2, -0.15) is 5.26 Å². The average Bonchev–Trinajstić information content (AvgIpc) is 2.89. The third-order valence-electron chi connectivity index (χ3n) is 5.84. The van der Waals surface area contributed by atoms with Crippen molar-refractivity contribution in [2.45, 2.75) is 12.0 Å². The molecule has 1 atom stereocenters. The van der Waals surface area contributed by atoms with Crippen molar-refractivity contribution in [3.05, 3.63) is 119 Å². The number of nitriles is 1. The van der Waals surface area contributed by atoms with Crippen LogP contribution in [0.5, 0.6) is 5.75 Å². The van der Waals surface area contributed by atoms with Gasteiger partial charge in [-0.25, -0.2) is 0 Å². The zero-order valence-electron chi connectivity index (χ0n) is 19.0. The molecule has 0 aliphatic rings. The maximum Gasteiger partial charge on any atom is 0.261 e. The molecule has 0 heterocycles. The lowest BCUT2D eigenvalue weighted by atomic mass is 9.83. The summed E-state index contributed by atoms with van der Waals surface area (Å²) in [6.07, 6.45) is 0.0368. The molecule has 0 aliphatic carbocycles. The Balaban J connectivity index is 1.72. The molecule has 0 spiro atoms. The molecular formula is C29H23ClN2O3. The lowest BCUT2D eigenvalue weighted by Crippen LogP contribution is -2.42. The SMILES string of the molecule is COc1ccc(-c2ccccc2CC(O)(C(=O)Nc2ccc(C#N)c(Cl)c2)c2ccccc2)cc1. The van der Waals surface area contributed by atoms with E-state index in [4.69, 9.17) is 21.6 Å². The van der Waals surface area contributed by atoms with Crippen LogP contribution in [0.4, 0.5) is 5.69 Å². The molecule has 0 aromatic heterocycles. The molecule has 6 heteroatoms. The van der Waals surface area contributed by atoms with Crippen LogP contribution in [0.25, 0.3) is 11.1 Å². The molecule has 0 saturated heterocycles. The summed E-state index contributed by atoms with van der Waals surface area (Å²) in [6.45, 7) is 0. The quantitative estimate of drug-likeness (QED) is 0.340. The van der Waals surface area contributed by atoms with E-state index in [1.165, 1.54) is 12.1 Å². The summed E-state index contributed by atoms with van der Waals surface area (Å²) in [5.74, 6) is 0.140. The summed E-state index contributed by atoms with van der Waals surface area (Å²) in [4.78, 5) is 13.6. The highest BCUT2D eigenvalue weighted by atomic mass is 35.5. The first-order valence-corrected chi connectivity index (χ1v) is 11.3. The minimum atomic E-state index is -1.87. The van der Waals surface area contributed by atoms with Gasteiger partial charge in [-0.05, 0) is 52.6 Å². The summed E-state index contributed by atoms with van der Waals surface area (Å²) in [6, 6.07) is 30.7. The van der Waals surface area contributed by atoms with Crippen LogP contribution in [0, 0.1) is 11.3 Å². The number of hydrogen-bond donors (Lipinski definition) is 2. The second-order valence-corrected chi connectivity index (χ2v) is 8.46. The number of benzene rings is 4. The highest BCUT2D eigenvalue weighted by Crippen LogP contribution is 2.33. The van der Waals surface area contributed by atoms with E-state index in [0.717, 1.165) is 22.4 Å². The number of amides is 1. The number of carbonyl (C=O) groups excluding carboxylic acids is 1. The van der Waals surface area contributed by atoms with Crippen LogP contribution in [0.3, 0.4) is 0 Å². The predicted octanol–water partition coefficient (Wildman–Crippen LogP) is 5.96. The highest BCUT2D eigenvalue weighted by Gasteiger charge is 2.39. The van der Waals surface area contributed by atoms with Gasteiger partial charge in [0.05, 0.1) is 17.7 Å². The van der Waals surface area contributed by atoms with E-state index in [0.29, 0.717) is 16.8 Å². The van der Waals surface area contributed by atoms with Gasteiger partial charge in [-0.15, -0.1) is 0 Å². The van der Waals surface area contributed by atoms with Crippen LogP contribution >= 0.6 is 11.6 Å². The molecule has 1 unspecified atom stereocenters. The third-order valence-corrected chi connectivity index (χ3v) is 6.15. The Labute approximate surface area is 209 Å². The average molecular weight is 483 g/mol. The van der Waals surface area contributed by atoms with Gasteiger partial charge >= 0.3 is 0 Å². The molecule has 4 aromatic rings. The smallest absolute Gasteiger partial charge is 0.261 e. The molecule has 1 amide bonds. The second-order valence-electron chi connectivity index (χ2n) is 8.05. The second kappa shape index (κ2) is 10.4. The fraction of sp³-hybridized carbons (Fsp3) is 0.103. The van der Waals surface area contributed by atoms with Gasteiger partial charge in [-0.1, -0.05) is 78.3 Å². The van der Waals surface area contributed by atoms with Crippen LogP contribution < -0.4 is 10.1 Å². The number of aliphatic hydroxyl groups is 1. The summed E-state index contributed by atoms with van der Waals surface area (Å²) in [7, 11) is 1.61. The number of hydrogen-bond acceptors (Lipinski definition) is 4. The zero-order valence-corrected chi connectivity index (χ0v) is 19.8. The fourth-order valence-corrected chi connectivity index (χ4v) is 4.17. The van der Waals surface area contributed by atoms with E-state index in [2.05, 4.69) is 5.32 Å². The highest BCUT2D eigenvalue weighted by molar-refractivity contribution is 6.32. The Morgan fingerprint density at radius 3 is 2.34 bits per heavy atom. The topological polar surface area (TPSA) is 82.3 Å². The van der Waals surface area contributed by atoms with Gasteiger partial charge in [0, 0.05) is 12.1 Å². The van der Waals surface area contributed by atoms with Crippen molar-refractivity contribution in [3.8, 4) is 22.9 Å².